The van der Waals surface area contributed by atoms with Crippen molar-refractivity contribution >= 4 is 19.4 Å². The van der Waals surface area contributed by atoms with E-state index in [0.717, 1.165) is 12.1 Å². The number of carbonyl (C=O) groups is 2. The van der Waals surface area contributed by atoms with Crippen molar-refractivity contribution in [3.05, 3.63) is 65.7 Å². The summed E-state index contributed by atoms with van der Waals surface area (Å²) in [5, 5.41) is 0. The van der Waals surface area contributed by atoms with E-state index in [1.165, 1.54) is 12.1 Å². The van der Waals surface area contributed by atoms with Crippen LogP contribution in [0.4, 0.5) is 21.8 Å². The minimum absolute atomic E-state index is 0.152. The molecule has 0 aliphatic carbocycles. The number of carbonyl (C=O) groups excluding carboxylic acids is 2. The highest BCUT2D eigenvalue weighted by Crippen LogP contribution is 2.23. The first-order valence-electron chi connectivity index (χ1n) is 6.86. The second-order valence-corrected chi connectivity index (χ2v) is 4.56. The van der Waals surface area contributed by atoms with E-state index in [1.807, 2.05) is 0 Å². The summed E-state index contributed by atoms with van der Waals surface area (Å²) in [5.41, 5.74) is 0.562. The van der Waals surface area contributed by atoms with Crippen molar-refractivity contribution < 1.29 is 36.1 Å². The number of alkyl halides is 3. The molecule has 9 heteroatoms. The molecule has 0 saturated heterocycles. The number of ether oxygens (including phenoxy) is 1. The predicted octanol–water partition coefficient (Wildman–Crippen LogP) is 4.23. The molecule has 0 amide bonds. The third-order valence-corrected chi connectivity index (χ3v) is 2.83. The molecule has 0 heterocycles. The first-order chi connectivity index (χ1) is 11.8. The van der Waals surface area contributed by atoms with Crippen LogP contribution in [0.2, 0.25) is 0 Å². The molecule has 132 valence electrons. The Morgan fingerprint density at radius 3 is 1.72 bits per heavy atom. The summed E-state index contributed by atoms with van der Waals surface area (Å²) >= 11 is 0. The number of Topliss-reactive ketones (excluding diaryl/α,β-unsaturated/α-hetero) is 2. The molecule has 0 radical (unpaired) electrons. The van der Waals surface area contributed by atoms with Crippen molar-refractivity contribution in [2.75, 3.05) is 0 Å². The van der Waals surface area contributed by atoms with Gasteiger partial charge in [0, 0.05) is 11.1 Å². The van der Waals surface area contributed by atoms with Crippen LogP contribution in [0.5, 0.6) is 5.75 Å². The van der Waals surface area contributed by atoms with Gasteiger partial charge in [0.2, 0.25) is 0 Å². The van der Waals surface area contributed by atoms with E-state index in [2.05, 4.69) is 4.74 Å². The quantitative estimate of drug-likeness (QED) is 0.348. The lowest BCUT2D eigenvalue weighted by Gasteiger charge is -2.09. The lowest BCUT2D eigenvalue weighted by atomic mass is 10.0. The molecule has 3 nitrogen and oxygen atoms in total. The van der Waals surface area contributed by atoms with Crippen LogP contribution in [-0.2, 0) is 0 Å². The van der Waals surface area contributed by atoms with Crippen LogP contribution in [0.25, 0.3) is 0 Å². The monoisotopic (exact) mass is 358 g/mol. The first kappa shape index (κ1) is 20.3. The maximum absolute atomic E-state index is 12.0. The van der Waals surface area contributed by atoms with Crippen LogP contribution >= 0.6 is 0 Å². The van der Waals surface area contributed by atoms with E-state index in [-0.39, 0.29) is 17.8 Å². The summed E-state index contributed by atoms with van der Waals surface area (Å²) in [5.74, 6) is -1.23. The highest BCUT2D eigenvalue weighted by molar-refractivity contribution is 6.15. The van der Waals surface area contributed by atoms with Gasteiger partial charge in [-0.25, -0.2) is 0 Å². The maximum atomic E-state index is 12.0. The van der Waals surface area contributed by atoms with Crippen LogP contribution in [0.1, 0.15) is 27.1 Å². The van der Waals surface area contributed by atoms with Crippen LogP contribution in [0, 0.1) is 0 Å². The second kappa shape index (κ2) is 9.56. The Hall–Kier alpha value is -2.71. The molecule has 0 spiro atoms. The number of rotatable bonds is 5. The average Bonchev–Trinajstić information content (AvgIpc) is 2.55. The molecule has 0 aliphatic rings. The van der Waals surface area contributed by atoms with Gasteiger partial charge in [0.25, 0.3) is 0 Å². The van der Waals surface area contributed by atoms with E-state index in [1.54, 1.807) is 30.3 Å². The van der Waals surface area contributed by atoms with E-state index < -0.39 is 25.7 Å². The Bertz CT molecular complexity index is 687. The van der Waals surface area contributed by atoms with Crippen LogP contribution in [-0.4, -0.2) is 25.8 Å². The third-order valence-electron chi connectivity index (χ3n) is 2.83. The summed E-state index contributed by atoms with van der Waals surface area (Å²) in [6, 6.07) is 12.8. The molecule has 0 aromatic heterocycles. The molecule has 0 unspecified atom stereocenters. The lowest BCUT2D eigenvalue weighted by molar-refractivity contribution is -0.274. The van der Waals surface area contributed by atoms with Crippen molar-refractivity contribution in [1.82, 2.24) is 0 Å². The zero-order valence-corrected chi connectivity index (χ0v) is 12.7. The highest BCUT2D eigenvalue weighted by atomic mass is 19.4. The molecule has 25 heavy (non-hydrogen) atoms. The molecule has 2 aromatic carbocycles. The van der Waals surface area contributed by atoms with Gasteiger partial charge >= 0.3 is 14.2 Å². The number of ketones is 2. The van der Waals surface area contributed by atoms with Crippen LogP contribution < -0.4 is 4.74 Å². The highest BCUT2D eigenvalue weighted by Gasteiger charge is 2.31. The van der Waals surface area contributed by atoms with Gasteiger partial charge in [-0.3, -0.25) is 18.2 Å². The average molecular weight is 358 g/mol. The van der Waals surface area contributed by atoms with E-state index in [0.29, 0.717) is 5.56 Å². The Kier molecular flexibility index (Phi) is 7.78. The van der Waals surface area contributed by atoms with E-state index >= 15 is 0 Å². The van der Waals surface area contributed by atoms with Crippen molar-refractivity contribution in [3.63, 3.8) is 0 Å². The molecule has 0 bridgehead atoms. The molecule has 2 rings (SSSR count). The van der Waals surface area contributed by atoms with Gasteiger partial charge in [-0.1, -0.05) is 30.3 Å². The SMILES string of the molecule is FBF.O=C(CC(=O)c1ccc(OC(F)(F)F)cc1)c1ccccc1. The van der Waals surface area contributed by atoms with Crippen LogP contribution in [0.15, 0.2) is 54.6 Å². The number of hydrogen-bond acceptors (Lipinski definition) is 3. The Morgan fingerprint density at radius 1 is 0.840 bits per heavy atom. The number of hydrogen-bond donors (Lipinski definition) is 0. The maximum Gasteiger partial charge on any atom is 0.573 e. The van der Waals surface area contributed by atoms with E-state index in [9.17, 15) is 31.4 Å². The zero-order valence-electron chi connectivity index (χ0n) is 12.7. The fraction of sp³-hybridized carbons (Fsp3) is 0.125. The van der Waals surface area contributed by atoms with Gasteiger partial charge in [0.15, 0.2) is 11.6 Å². The molecular formula is C16H12BF5O3. The lowest BCUT2D eigenvalue weighted by Crippen LogP contribution is -2.17. The van der Waals surface area contributed by atoms with Gasteiger partial charge in [0.1, 0.15) is 5.75 Å². The fourth-order valence-corrected chi connectivity index (χ4v) is 1.82. The minimum atomic E-state index is -4.78. The molecule has 0 aliphatic heterocycles. The fourth-order valence-electron chi connectivity index (χ4n) is 1.82. The summed E-state index contributed by atoms with van der Waals surface area (Å²) in [4.78, 5) is 23.8. The van der Waals surface area contributed by atoms with Gasteiger partial charge in [-0.15, -0.1) is 13.2 Å². The normalized spacial score (nSPS) is 10.3. The summed E-state index contributed by atoms with van der Waals surface area (Å²) in [6.45, 7) is 0. The smallest absolute Gasteiger partial charge is 0.406 e. The second-order valence-electron chi connectivity index (χ2n) is 4.56. The summed E-state index contributed by atoms with van der Waals surface area (Å²) < 4.78 is 59.0. The number of benzene rings is 2. The molecule has 0 fully saturated rings. The Labute approximate surface area is 140 Å². The van der Waals surface area contributed by atoms with Gasteiger partial charge < -0.3 is 4.74 Å². The standard InChI is InChI=1S/C16H11F3O3.BF2H/c17-16(18,19)22-13-8-6-12(7-9-13)15(21)10-14(20)11-4-2-1-3-5-11;2-1-3/h1-9H,10H2;1H. The Morgan fingerprint density at radius 2 is 1.28 bits per heavy atom. The van der Waals surface area contributed by atoms with Crippen molar-refractivity contribution in [2.45, 2.75) is 12.8 Å². The van der Waals surface area contributed by atoms with Gasteiger partial charge in [-0.2, -0.15) is 0 Å². The first-order valence-corrected chi connectivity index (χ1v) is 6.86. The molecular weight excluding hydrogens is 346 g/mol. The zero-order chi connectivity index (χ0) is 18.9. The molecule has 0 saturated carbocycles. The number of halogens is 5. The minimum Gasteiger partial charge on any atom is -0.406 e. The predicted molar refractivity (Wildman–Crippen MR) is 82.2 cm³/mol. The van der Waals surface area contributed by atoms with Gasteiger partial charge in [-0.05, 0) is 24.3 Å². The van der Waals surface area contributed by atoms with Crippen LogP contribution in [0.3, 0.4) is 0 Å². The Balaban J connectivity index is 0.000000970. The molecule has 0 N–H and O–H groups in total. The third kappa shape index (κ3) is 7.60. The topological polar surface area (TPSA) is 43.4 Å². The summed E-state index contributed by atoms with van der Waals surface area (Å²) in [7, 11) is -1.75. The van der Waals surface area contributed by atoms with Crippen molar-refractivity contribution in [3.8, 4) is 5.75 Å². The van der Waals surface area contributed by atoms with Crippen molar-refractivity contribution in [2.24, 2.45) is 0 Å². The van der Waals surface area contributed by atoms with Crippen molar-refractivity contribution in [1.29, 1.82) is 0 Å². The van der Waals surface area contributed by atoms with Gasteiger partial charge in [0.05, 0.1) is 6.42 Å². The largest absolute Gasteiger partial charge is 0.573 e. The molecule has 2 aromatic rings. The molecule has 0 atom stereocenters. The van der Waals surface area contributed by atoms with E-state index in [4.69, 9.17) is 0 Å². The summed E-state index contributed by atoms with van der Waals surface area (Å²) in [6.07, 6.45) is -5.13.